The van der Waals surface area contributed by atoms with E-state index in [9.17, 15) is 10.1 Å². The van der Waals surface area contributed by atoms with Crippen molar-refractivity contribution in [3.63, 3.8) is 0 Å². The van der Waals surface area contributed by atoms with Crippen molar-refractivity contribution in [2.75, 3.05) is 12.4 Å². The largest absolute Gasteiger partial charge is 0.497 e. The fourth-order valence-corrected chi connectivity index (χ4v) is 3.02. The van der Waals surface area contributed by atoms with Crippen LogP contribution >= 0.6 is 0 Å². The number of hydrogen-bond acceptors (Lipinski definition) is 5. The predicted molar refractivity (Wildman–Crippen MR) is 101 cm³/mol. The number of carbonyl (C=O) groups excluding carboxylic acids is 1. The molecule has 3 rings (SSSR count). The Kier molecular flexibility index (Phi) is 5.13. The van der Waals surface area contributed by atoms with Crippen molar-refractivity contribution >= 4 is 11.6 Å². The maximum Gasteiger partial charge on any atom is 0.255 e. The molecule has 1 aliphatic rings. The first-order valence-corrected chi connectivity index (χ1v) is 8.34. The summed E-state index contributed by atoms with van der Waals surface area (Å²) < 4.78 is 10.7. The number of benzene rings is 2. The van der Waals surface area contributed by atoms with Crippen LogP contribution in [0.3, 0.4) is 0 Å². The van der Waals surface area contributed by atoms with Crippen LogP contribution in [0.15, 0.2) is 77.4 Å². The summed E-state index contributed by atoms with van der Waals surface area (Å²) in [5.41, 5.74) is 7.86. The number of nitrogens with zero attached hydrogens (tertiary/aromatic N) is 1. The highest BCUT2D eigenvalue weighted by molar-refractivity contribution is 6.06. The van der Waals surface area contributed by atoms with Crippen molar-refractivity contribution < 1.29 is 14.3 Å². The highest BCUT2D eigenvalue weighted by atomic mass is 16.5. The Morgan fingerprint density at radius 3 is 2.44 bits per heavy atom. The topological polar surface area (TPSA) is 97.4 Å². The second kappa shape index (κ2) is 7.67. The van der Waals surface area contributed by atoms with E-state index < -0.39 is 5.92 Å². The quantitative estimate of drug-likeness (QED) is 0.870. The lowest BCUT2D eigenvalue weighted by Gasteiger charge is -2.27. The fourth-order valence-electron chi connectivity index (χ4n) is 3.02. The van der Waals surface area contributed by atoms with Crippen molar-refractivity contribution in [2.45, 2.75) is 12.8 Å². The summed E-state index contributed by atoms with van der Waals surface area (Å²) in [5, 5.41) is 12.5. The molecule has 136 valence electrons. The summed E-state index contributed by atoms with van der Waals surface area (Å²) in [5.74, 6) is 0.0724. The van der Waals surface area contributed by atoms with Gasteiger partial charge in [0, 0.05) is 5.69 Å². The molecule has 0 bridgehead atoms. The van der Waals surface area contributed by atoms with Gasteiger partial charge in [0.15, 0.2) is 0 Å². The van der Waals surface area contributed by atoms with Crippen LogP contribution in [0.5, 0.6) is 5.75 Å². The number of nitrogens with one attached hydrogen (secondary N) is 1. The minimum atomic E-state index is -0.627. The highest BCUT2D eigenvalue weighted by Gasteiger charge is 2.35. The Morgan fingerprint density at radius 2 is 1.85 bits per heavy atom. The summed E-state index contributed by atoms with van der Waals surface area (Å²) in [6.07, 6.45) is 0. The molecule has 6 heteroatoms. The van der Waals surface area contributed by atoms with Gasteiger partial charge in [-0.2, -0.15) is 5.26 Å². The van der Waals surface area contributed by atoms with Crippen LogP contribution in [0.25, 0.3) is 0 Å². The Bertz CT molecular complexity index is 954. The zero-order valence-electron chi connectivity index (χ0n) is 15.0. The third-order valence-corrected chi connectivity index (χ3v) is 4.33. The lowest BCUT2D eigenvalue weighted by molar-refractivity contribution is -0.113. The summed E-state index contributed by atoms with van der Waals surface area (Å²) in [4.78, 5) is 13.0. The Balaban J connectivity index is 2.04. The number of amides is 1. The molecule has 27 heavy (non-hydrogen) atoms. The minimum absolute atomic E-state index is 0.00655. The van der Waals surface area contributed by atoms with Crippen LogP contribution in [0, 0.1) is 11.3 Å². The smallest absolute Gasteiger partial charge is 0.255 e. The van der Waals surface area contributed by atoms with E-state index in [1.807, 2.05) is 30.3 Å². The van der Waals surface area contributed by atoms with E-state index in [2.05, 4.69) is 11.4 Å². The monoisotopic (exact) mass is 361 g/mol. The molecule has 0 radical (unpaired) electrons. The van der Waals surface area contributed by atoms with Gasteiger partial charge in [-0.15, -0.1) is 0 Å². The van der Waals surface area contributed by atoms with Crippen molar-refractivity contribution in [3.05, 3.63) is 82.9 Å². The molecule has 1 aliphatic heterocycles. The highest BCUT2D eigenvalue weighted by Crippen LogP contribution is 2.39. The van der Waals surface area contributed by atoms with E-state index >= 15 is 0 Å². The average molecular weight is 361 g/mol. The van der Waals surface area contributed by atoms with E-state index in [0.29, 0.717) is 22.8 Å². The van der Waals surface area contributed by atoms with E-state index in [1.54, 1.807) is 38.3 Å². The molecule has 0 aromatic heterocycles. The third-order valence-electron chi connectivity index (χ3n) is 4.33. The number of allylic oxidation sites excluding steroid dienone is 2. The molecule has 1 heterocycles. The van der Waals surface area contributed by atoms with Crippen LogP contribution in [-0.4, -0.2) is 13.0 Å². The first-order valence-electron chi connectivity index (χ1n) is 8.34. The van der Waals surface area contributed by atoms with Crippen LogP contribution in [0.2, 0.25) is 0 Å². The van der Waals surface area contributed by atoms with Crippen LogP contribution < -0.4 is 15.8 Å². The number of para-hydroxylation sites is 1. The Hall–Kier alpha value is -3.72. The van der Waals surface area contributed by atoms with Crippen molar-refractivity contribution in [1.29, 1.82) is 5.26 Å². The van der Waals surface area contributed by atoms with Gasteiger partial charge in [0.05, 0.1) is 18.6 Å². The molecule has 6 nitrogen and oxygen atoms in total. The molecule has 2 aromatic carbocycles. The second-order valence-electron chi connectivity index (χ2n) is 5.99. The van der Waals surface area contributed by atoms with E-state index in [0.717, 1.165) is 5.56 Å². The fraction of sp³-hybridized carbons (Fsp3) is 0.143. The molecule has 2 aromatic rings. The number of methoxy groups -OCH3 is 1. The number of rotatable bonds is 4. The third kappa shape index (κ3) is 3.62. The number of ether oxygens (including phenoxy) is 2. The first-order chi connectivity index (χ1) is 13.0. The van der Waals surface area contributed by atoms with Crippen LogP contribution in [0.4, 0.5) is 5.69 Å². The molecule has 1 atom stereocenters. The van der Waals surface area contributed by atoms with Gasteiger partial charge in [0.1, 0.15) is 23.2 Å². The number of hydrogen-bond donors (Lipinski definition) is 2. The van der Waals surface area contributed by atoms with E-state index in [-0.39, 0.29) is 17.4 Å². The number of nitrogens with two attached hydrogens (primary N) is 1. The van der Waals surface area contributed by atoms with Gasteiger partial charge in [-0.25, -0.2) is 0 Å². The molecule has 3 N–H and O–H groups in total. The zero-order valence-corrected chi connectivity index (χ0v) is 15.0. The van der Waals surface area contributed by atoms with Gasteiger partial charge < -0.3 is 20.5 Å². The second-order valence-corrected chi connectivity index (χ2v) is 5.99. The molecular formula is C21H19N3O3. The van der Waals surface area contributed by atoms with E-state index in [4.69, 9.17) is 15.2 Å². The Morgan fingerprint density at radius 1 is 1.19 bits per heavy atom. The molecule has 0 fully saturated rings. The maximum atomic E-state index is 13.0. The lowest BCUT2D eigenvalue weighted by atomic mass is 9.82. The van der Waals surface area contributed by atoms with E-state index in [1.165, 1.54) is 0 Å². The molecular weight excluding hydrogens is 342 g/mol. The van der Waals surface area contributed by atoms with Crippen LogP contribution in [-0.2, 0) is 9.53 Å². The van der Waals surface area contributed by atoms with Gasteiger partial charge in [0.2, 0.25) is 5.88 Å². The molecule has 0 saturated heterocycles. The summed E-state index contributed by atoms with van der Waals surface area (Å²) >= 11 is 0. The Labute approximate surface area is 157 Å². The van der Waals surface area contributed by atoms with Gasteiger partial charge in [-0.05, 0) is 36.8 Å². The molecule has 0 saturated carbocycles. The normalized spacial score (nSPS) is 16.4. The summed E-state index contributed by atoms with van der Waals surface area (Å²) in [7, 11) is 1.57. The van der Waals surface area contributed by atoms with Crippen molar-refractivity contribution in [2.24, 2.45) is 5.73 Å². The van der Waals surface area contributed by atoms with Crippen molar-refractivity contribution in [1.82, 2.24) is 0 Å². The van der Waals surface area contributed by atoms with Gasteiger partial charge >= 0.3 is 0 Å². The first kappa shape index (κ1) is 18.1. The summed E-state index contributed by atoms with van der Waals surface area (Å²) in [6.45, 7) is 1.66. The van der Waals surface area contributed by atoms with Gasteiger partial charge in [-0.1, -0.05) is 30.3 Å². The van der Waals surface area contributed by atoms with Gasteiger partial charge in [0.25, 0.3) is 5.91 Å². The van der Waals surface area contributed by atoms with Crippen LogP contribution in [0.1, 0.15) is 18.4 Å². The molecule has 0 unspecified atom stereocenters. The average Bonchev–Trinajstić information content (AvgIpc) is 2.68. The number of nitriles is 1. The molecule has 0 spiro atoms. The van der Waals surface area contributed by atoms with Crippen molar-refractivity contribution in [3.8, 4) is 11.8 Å². The number of anilines is 1. The predicted octanol–water partition coefficient (Wildman–Crippen LogP) is 3.42. The zero-order chi connectivity index (χ0) is 19.4. The summed E-state index contributed by atoms with van der Waals surface area (Å²) in [6, 6.07) is 18.3. The van der Waals surface area contributed by atoms with Gasteiger partial charge in [-0.3, -0.25) is 4.79 Å². The molecule has 1 amide bonds. The SMILES string of the molecule is COc1ccc([C@@H]2C(C#N)=C(N)OC(C)=C2C(=O)Nc2ccccc2)cc1. The molecule has 0 aliphatic carbocycles. The number of carbonyl (C=O) groups is 1. The minimum Gasteiger partial charge on any atom is -0.497 e. The maximum absolute atomic E-state index is 13.0. The standard InChI is InChI=1S/C21H19N3O3/c1-13-18(21(25)24-15-6-4-3-5-7-15)19(17(12-22)20(23)27-13)14-8-10-16(26-2)11-9-14/h3-11,19H,23H2,1-2H3,(H,24,25)/t19-/m1/s1. The lowest BCUT2D eigenvalue weighted by Crippen LogP contribution is -2.27.